The molecule has 180 valence electrons. The van der Waals surface area contributed by atoms with E-state index < -0.39 is 21.8 Å². The standard InChI is InChI=1S/C24H23N5O4S2/c1-35(32,33)29-12-9-20(15-29)23(31)26-14-22(30)28-24-27-21(16-34-24)19-4-2-3-18(13-19)6-5-17-7-10-25-11-8-17/h2-4,7-13,15-16H,5-6,14H2,1H3,(H,26,31)(H,27,28,30). The molecule has 0 saturated heterocycles. The normalized spacial score (nSPS) is 11.2. The summed E-state index contributed by atoms with van der Waals surface area (Å²) < 4.78 is 24.0. The van der Waals surface area contributed by atoms with Gasteiger partial charge in [0.25, 0.3) is 5.91 Å². The van der Waals surface area contributed by atoms with Gasteiger partial charge in [-0.25, -0.2) is 13.4 Å². The molecule has 0 spiro atoms. The molecule has 0 aliphatic heterocycles. The van der Waals surface area contributed by atoms with Gasteiger partial charge in [0, 0.05) is 35.7 Å². The van der Waals surface area contributed by atoms with E-state index in [0.29, 0.717) is 5.13 Å². The average molecular weight is 510 g/mol. The van der Waals surface area contributed by atoms with Gasteiger partial charge in [0.2, 0.25) is 15.9 Å². The molecule has 0 aliphatic rings. The first kappa shape index (κ1) is 24.3. The number of nitrogens with one attached hydrogen (secondary N) is 2. The maximum absolute atomic E-state index is 12.3. The zero-order valence-electron chi connectivity index (χ0n) is 18.8. The highest BCUT2D eigenvalue weighted by molar-refractivity contribution is 7.89. The van der Waals surface area contributed by atoms with Crippen LogP contribution in [0.15, 0.2) is 72.6 Å². The Hall–Kier alpha value is -3.83. The zero-order chi connectivity index (χ0) is 24.8. The lowest BCUT2D eigenvalue weighted by Gasteiger charge is -2.05. The minimum absolute atomic E-state index is 0.142. The summed E-state index contributed by atoms with van der Waals surface area (Å²) in [6.45, 7) is -0.276. The second-order valence-corrected chi connectivity index (χ2v) is 10.6. The first-order valence-corrected chi connectivity index (χ1v) is 13.4. The molecule has 2 amide bonds. The van der Waals surface area contributed by atoms with Crippen molar-refractivity contribution in [2.75, 3.05) is 18.1 Å². The summed E-state index contributed by atoms with van der Waals surface area (Å²) in [5.41, 5.74) is 4.26. The summed E-state index contributed by atoms with van der Waals surface area (Å²) in [6, 6.07) is 13.5. The van der Waals surface area contributed by atoms with Crippen molar-refractivity contribution in [2.24, 2.45) is 0 Å². The van der Waals surface area contributed by atoms with Gasteiger partial charge in [-0.05, 0) is 48.2 Å². The Bertz CT molecular complexity index is 1450. The van der Waals surface area contributed by atoms with Gasteiger partial charge in [0.05, 0.1) is 24.1 Å². The highest BCUT2D eigenvalue weighted by Gasteiger charge is 2.14. The van der Waals surface area contributed by atoms with Crippen molar-refractivity contribution < 1.29 is 18.0 Å². The Labute approximate surface area is 206 Å². The van der Waals surface area contributed by atoms with E-state index >= 15 is 0 Å². The molecule has 35 heavy (non-hydrogen) atoms. The number of hydrogen-bond donors (Lipinski definition) is 2. The minimum atomic E-state index is -3.48. The van der Waals surface area contributed by atoms with E-state index in [4.69, 9.17) is 0 Å². The van der Waals surface area contributed by atoms with Gasteiger partial charge in [-0.15, -0.1) is 11.3 Å². The van der Waals surface area contributed by atoms with Crippen LogP contribution in [0.2, 0.25) is 0 Å². The molecule has 3 heterocycles. The molecule has 9 nitrogen and oxygen atoms in total. The molecule has 0 saturated carbocycles. The first-order valence-electron chi connectivity index (χ1n) is 10.7. The largest absolute Gasteiger partial charge is 0.343 e. The Kier molecular flexibility index (Phi) is 7.37. The number of aryl methyl sites for hydroxylation is 2. The highest BCUT2D eigenvalue weighted by Crippen LogP contribution is 2.26. The van der Waals surface area contributed by atoms with Crippen LogP contribution in [0.25, 0.3) is 11.3 Å². The van der Waals surface area contributed by atoms with Gasteiger partial charge in [-0.1, -0.05) is 18.2 Å². The molecular weight excluding hydrogens is 486 g/mol. The van der Waals surface area contributed by atoms with Gasteiger partial charge >= 0.3 is 0 Å². The lowest BCUT2D eigenvalue weighted by Crippen LogP contribution is -2.32. The molecule has 4 rings (SSSR count). The average Bonchev–Trinajstić information content (AvgIpc) is 3.52. The van der Waals surface area contributed by atoms with Crippen LogP contribution in [0.4, 0.5) is 5.13 Å². The number of benzene rings is 1. The second-order valence-electron chi connectivity index (χ2n) is 7.82. The molecule has 3 aromatic heterocycles. The highest BCUT2D eigenvalue weighted by atomic mass is 32.2. The maximum Gasteiger partial charge on any atom is 0.253 e. The van der Waals surface area contributed by atoms with Crippen LogP contribution in [0.5, 0.6) is 0 Å². The smallest absolute Gasteiger partial charge is 0.253 e. The second kappa shape index (κ2) is 10.6. The molecular formula is C24H23N5O4S2. The van der Waals surface area contributed by atoms with Crippen LogP contribution in [-0.4, -0.2) is 47.0 Å². The molecule has 0 radical (unpaired) electrons. The van der Waals surface area contributed by atoms with Crippen molar-refractivity contribution in [1.29, 1.82) is 0 Å². The van der Waals surface area contributed by atoms with Crippen molar-refractivity contribution in [2.45, 2.75) is 12.8 Å². The first-order chi connectivity index (χ1) is 16.8. The van der Waals surface area contributed by atoms with Crippen LogP contribution < -0.4 is 10.6 Å². The molecule has 0 aliphatic carbocycles. The predicted octanol–water partition coefficient (Wildman–Crippen LogP) is 2.97. The van der Waals surface area contributed by atoms with E-state index in [1.807, 2.05) is 29.6 Å². The molecule has 1 aromatic carbocycles. The van der Waals surface area contributed by atoms with Crippen LogP contribution in [0, 0.1) is 0 Å². The van der Waals surface area contributed by atoms with E-state index in [-0.39, 0.29) is 12.1 Å². The maximum atomic E-state index is 12.3. The third-order valence-corrected chi connectivity index (χ3v) is 6.90. The quantitative estimate of drug-likeness (QED) is 0.358. The predicted molar refractivity (Wildman–Crippen MR) is 135 cm³/mol. The van der Waals surface area contributed by atoms with Crippen molar-refractivity contribution in [3.63, 3.8) is 0 Å². The van der Waals surface area contributed by atoms with E-state index in [1.54, 1.807) is 12.4 Å². The van der Waals surface area contributed by atoms with E-state index in [0.717, 1.165) is 34.3 Å². The molecule has 0 fully saturated rings. The Morgan fingerprint density at radius 1 is 1.06 bits per heavy atom. The Balaban J connectivity index is 1.31. The number of thiazole rings is 1. The fourth-order valence-electron chi connectivity index (χ4n) is 3.33. The number of carbonyl (C=O) groups is 2. The van der Waals surface area contributed by atoms with Crippen LogP contribution in [0.3, 0.4) is 0 Å². The van der Waals surface area contributed by atoms with Crippen molar-refractivity contribution in [1.82, 2.24) is 19.3 Å². The number of nitrogens with zero attached hydrogens (tertiary/aromatic N) is 3. The fraction of sp³-hybridized carbons (Fsp3) is 0.167. The monoisotopic (exact) mass is 509 g/mol. The number of anilines is 1. The van der Waals surface area contributed by atoms with Crippen molar-refractivity contribution in [3.8, 4) is 11.3 Å². The number of rotatable bonds is 9. The summed E-state index contributed by atoms with van der Waals surface area (Å²) in [7, 11) is -3.48. The summed E-state index contributed by atoms with van der Waals surface area (Å²) in [6.07, 6.45) is 8.88. The summed E-state index contributed by atoms with van der Waals surface area (Å²) in [5.74, 6) is -0.987. The summed E-state index contributed by atoms with van der Waals surface area (Å²) >= 11 is 1.29. The SMILES string of the molecule is CS(=O)(=O)n1ccc(C(=O)NCC(=O)Nc2nc(-c3cccc(CCc4ccncc4)c3)cs2)c1. The van der Waals surface area contributed by atoms with Gasteiger partial charge in [-0.2, -0.15) is 0 Å². The van der Waals surface area contributed by atoms with Gasteiger partial charge in [0.1, 0.15) is 0 Å². The van der Waals surface area contributed by atoms with Gasteiger partial charge in [0.15, 0.2) is 5.13 Å². The number of carbonyl (C=O) groups excluding carboxylic acids is 2. The molecule has 4 aromatic rings. The number of pyridine rings is 1. The van der Waals surface area contributed by atoms with Crippen LogP contribution in [-0.2, 0) is 27.7 Å². The van der Waals surface area contributed by atoms with Crippen molar-refractivity contribution >= 4 is 38.3 Å². The molecule has 0 bridgehead atoms. The van der Waals surface area contributed by atoms with E-state index in [9.17, 15) is 18.0 Å². The number of amides is 2. The van der Waals surface area contributed by atoms with E-state index in [2.05, 4.69) is 32.7 Å². The summed E-state index contributed by atoms with van der Waals surface area (Å²) in [4.78, 5) is 33.0. The molecule has 0 unspecified atom stereocenters. The third-order valence-electron chi connectivity index (χ3n) is 5.15. The van der Waals surface area contributed by atoms with Crippen LogP contribution >= 0.6 is 11.3 Å². The van der Waals surface area contributed by atoms with Gasteiger partial charge < -0.3 is 10.6 Å². The van der Waals surface area contributed by atoms with Crippen LogP contribution in [0.1, 0.15) is 21.5 Å². The van der Waals surface area contributed by atoms with Gasteiger partial charge in [-0.3, -0.25) is 18.5 Å². The number of aromatic nitrogens is 3. The third kappa shape index (κ3) is 6.61. The lowest BCUT2D eigenvalue weighted by atomic mass is 10.0. The fourth-order valence-corrected chi connectivity index (χ4v) is 4.65. The Morgan fingerprint density at radius 3 is 2.57 bits per heavy atom. The van der Waals surface area contributed by atoms with E-state index in [1.165, 1.54) is 40.9 Å². The zero-order valence-corrected chi connectivity index (χ0v) is 20.5. The molecule has 11 heteroatoms. The number of hydrogen-bond acceptors (Lipinski definition) is 7. The lowest BCUT2D eigenvalue weighted by molar-refractivity contribution is -0.115. The molecule has 0 atom stereocenters. The van der Waals surface area contributed by atoms with Crippen molar-refractivity contribution in [3.05, 3.63) is 89.3 Å². The topological polar surface area (TPSA) is 123 Å². The summed E-state index contributed by atoms with van der Waals surface area (Å²) in [5, 5.41) is 7.43. The Morgan fingerprint density at radius 2 is 1.83 bits per heavy atom. The molecule has 2 N–H and O–H groups in total. The minimum Gasteiger partial charge on any atom is -0.343 e.